The summed E-state index contributed by atoms with van der Waals surface area (Å²) >= 11 is 1.56. The zero-order valence-corrected chi connectivity index (χ0v) is 11.3. The van der Waals surface area contributed by atoms with Crippen molar-refractivity contribution in [2.45, 2.75) is 20.4 Å². The van der Waals surface area contributed by atoms with Gasteiger partial charge in [-0.3, -0.25) is 5.41 Å². The summed E-state index contributed by atoms with van der Waals surface area (Å²) in [5, 5.41) is 8.02. The average Bonchev–Trinajstić information content (AvgIpc) is 2.67. The van der Waals surface area contributed by atoms with Crippen LogP contribution >= 0.6 is 11.3 Å². The van der Waals surface area contributed by atoms with Crippen molar-refractivity contribution >= 4 is 21.6 Å². The molecule has 1 heterocycles. The van der Waals surface area contributed by atoms with Gasteiger partial charge in [-0.15, -0.1) is 0 Å². The highest BCUT2D eigenvalue weighted by Gasteiger charge is 2.05. The van der Waals surface area contributed by atoms with Crippen LogP contribution < -0.4 is 4.80 Å². The maximum atomic E-state index is 8.02. The van der Waals surface area contributed by atoms with Gasteiger partial charge in [-0.1, -0.05) is 37.3 Å². The van der Waals surface area contributed by atoms with Gasteiger partial charge in [0, 0.05) is 13.1 Å². The van der Waals surface area contributed by atoms with Gasteiger partial charge in [0.15, 0.2) is 4.80 Å². The molecule has 0 aliphatic rings. The van der Waals surface area contributed by atoms with Crippen molar-refractivity contribution in [3.8, 4) is 0 Å². The lowest BCUT2D eigenvalue weighted by Crippen LogP contribution is -2.29. The van der Waals surface area contributed by atoms with Crippen LogP contribution in [0, 0.1) is 5.41 Å². The highest BCUT2D eigenvalue weighted by atomic mass is 32.1. The number of benzene rings is 1. The van der Waals surface area contributed by atoms with Gasteiger partial charge in [-0.2, -0.15) is 0 Å². The Hall–Kier alpha value is -1.13. The summed E-state index contributed by atoms with van der Waals surface area (Å²) in [6.07, 6.45) is 0. The molecule has 0 atom stereocenters. The molecule has 0 bridgehead atoms. The fraction of sp³-hybridized carbons (Fsp3) is 0.462. The summed E-state index contributed by atoms with van der Waals surface area (Å²) in [6.45, 7) is 8.44. The zero-order valence-electron chi connectivity index (χ0n) is 10.4. The third-order valence-electron chi connectivity index (χ3n) is 3.14. The van der Waals surface area contributed by atoms with Crippen molar-refractivity contribution in [1.82, 2.24) is 9.47 Å². The molecule has 0 fully saturated rings. The summed E-state index contributed by atoms with van der Waals surface area (Å²) in [4.78, 5) is 3.04. The largest absolute Gasteiger partial charge is 0.316 e. The molecule has 0 aliphatic heterocycles. The first kappa shape index (κ1) is 12.3. The highest BCUT2D eigenvalue weighted by molar-refractivity contribution is 7.16. The van der Waals surface area contributed by atoms with Gasteiger partial charge >= 0.3 is 0 Å². The summed E-state index contributed by atoms with van der Waals surface area (Å²) in [5.74, 6) is 0. The predicted octanol–water partition coefficient (Wildman–Crippen LogP) is 2.52. The third kappa shape index (κ3) is 2.58. The fourth-order valence-electron chi connectivity index (χ4n) is 2.04. The molecule has 0 spiro atoms. The van der Waals surface area contributed by atoms with E-state index in [0.717, 1.165) is 26.2 Å². The molecule has 0 radical (unpaired) electrons. The molecule has 4 heteroatoms. The van der Waals surface area contributed by atoms with Crippen molar-refractivity contribution in [3.63, 3.8) is 0 Å². The van der Waals surface area contributed by atoms with E-state index in [4.69, 9.17) is 5.41 Å². The number of thiazole rings is 1. The molecular weight excluding hydrogens is 230 g/mol. The Morgan fingerprint density at radius 1 is 1.24 bits per heavy atom. The van der Waals surface area contributed by atoms with E-state index in [0.29, 0.717) is 4.80 Å². The fourth-order valence-corrected chi connectivity index (χ4v) is 2.98. The lowest BCUT2D eigenvalue weighted by molar-refractivity contribution is 0.291. The second-order valence-corrected chi connectivity index (χ2v) is 5.08. The second kappa shape index (κ2) is 5.47. The average molecular weight is 249 g/mol. The Balaban J connectivity index is 2.23. The standard InChI is InChI=1S/C13H19N3S/c1-3-15(4-2)9-10-16-11-7-5-6-8-12(11)17-13(16)14/h5-8,14H,3-4,9-10H2,1-2H3. The monoisotopic (exact) mass is 249 g/mol. The van der Waals surface area contributed by atoms with Crippen LogP contribution in [0.25, 0.3) is 10.2 Å². The number of likely N-dealkylation sites (N-methyl/N-ethyl adjacent to an activating group) is 1. The number of rotatable bonds is 5. The van der Waals surface area contributed by atoms with Gasteiger partial charge < -0.3 is 9.47 Å². The Labute approximate surface area is 106 Å². The topological polar surface area (TPSA) is 32.0 Å². The van der Waals surface area contributed by atoms with E-state index in [-0.39, 0.29) is 0 Å². The Morgan fingerprint density at radius 2 is 1.94 bits per heavy atom. The lowest BCUT2D eigenvalue weighted by atomic mass is 10.3. The minimum absolute atomic E-state index is 0.651. The van der Waals surface area contributed by atoms with Crippen LogP contribution in [0.1, 0.15) is 13.8 Å². The number of hydrogen-bond donors (Lipinski definition) is 1. The van der Waals surface area contributed by atoms with Gasteiger partial charge in [-0.25, -0.2) is 0 Å². The van der Waals surface area contributed by atoms with Gasteiger partial charge in [0.1, 0.15) is 0 Å². The first-order chi connectivity index (χ1) is 8.26. The molecule has 2 rings (SSSR count). The Bertz CT molecular complexity index is 537. The first-order valence-electron chi connectivity index (χ1n) is 6.11. The smallest absolute Gasteiger partial charge is 0.182 e. The van der Waals surface area contributed by atoms with Crippen molar-refractivity contribution in [2.24, 2.45) is 0 Å². The maximum absolute atomic E-state index is 8.02. The lowest BCUT2D eigenvalue weighted by Gasteiger charge is -2.18. The second-order valence-electron chi connectivity index (χ2n) is 4.05. The van der Waals surface area contributed by atoms with Crippen LogP contribution in [0.3, 0.4) is 0 Å². The Kier molecular flexibility index (Phi) is 3.97. The molecule has 0 saturated heterocycles. The molecule has 0 amide bonds. The van der Waals surface area contributed by atoms with Crippen LogP contribution in [-0.2, 0) is 6.54 Å². The number of aromatic nitrogens is 1. The minimum atomic E-state index is 0.651. The number of nitrogens with zero attached hydrogens (tertiary/aromatic N) is 2. The molecule has 1 aromatic heterocycles. The van der Waals surface area contributed by atoms with Gasteiger partial charge in [0.25, 0.3) is 0 Å². The molecule has 92 valence electrons. The van der Waals surface area contributed by atoms with Gasteiger partial charge in [-0.05, 0) is 25.2 Å². The van der Waals surface area contributed by atoms with Gasteiger partial charge in [0.2, 0.25) is 0 Å². The van der Waals surface area contributed by atoms with Crippen LogP contribution in [-0.4, -0.2) is 29.1 Å². The third-order valence-corrected chi connectivity index (χ3v) is 4.12. The molecule has 1 N–H and O–H groups in total. The van der Waals surface area contributed by atoms with Crippen LogP contribution in [0.5, 0.6) is 0 Å². The van der Waals surface area contributed by atoms with E-state index < -0.39 is 0 Å². The molecule has 0 saturated carbocycles. The summed E-state index contributed by atoms with van der Waals surface area (Å²) in [7, 11) is 0. The van der Waals surface area contributed by atoms with E-state index in [9.17, 15) is 0 Å². The van der Waals surface area contributed by atoms with Crippen LogP contribution in [0.2, 0.25) is 0 Å². The quantitative estimate of drug-likeness (QED) is 0.867. The SMILES string of the molecule is CCN(CC)CCn1c(=N)sc2ccccc21. The Morgan fingerprint density at radius 3 is 2.65 bits per heavy atom. The van der Waals surface area contributed by atoms with Crippen LogP contribution in [0.15, 0.2) is 24.3 Å². The van der Waals surface area contributed by atoms with Crippen molar-refractivity contribution in [2.75, 3.05) is 19.6 Å². The molecule has 0 unspecified atom stereocenters. The van der Waals surface area contributed by atoms with E-state index >= 15 is 0 Å². The molecule has 0 aliphatic carbocycles. The molecule has 2 aromatic rings. The molecule has 1 aromatic carbocycles. The number of nitrogens with one attached hydrogen (secondary N) is 1. The normalized spacial score (nSPS) is 11.5. The molecular formula is C13H19N3S. The highest BCUT2D eigenvalue weighted by Crippen LogP contribution is 2.16. The zero-order chi connectivity index (χ0) is 12.3. The van der Waals surface area contributed by atoms with Gasteiger partial charge in [0.05, 0.1) is 10.2 Å². The predicted molar refractivity (Wildman–Crippen MR) is 73.5 cm³/mol. The molecule has 3 nitrogen and oxygen atoms in total. The first-order valence-corrected chi connectivity index (χ1v) is 6.93. The van der Waals surface area contributed by atoms with E-state index in [1.165, 1.54) is 10.2 Å². The van der Waals surface area contributed by atoms with Crippen LogP contribution in [0.4, 0.5) is 0 Å². The van der Waals surface area contributed by atoms with E-state index in [2.05, 4.69) is 35.4 Å². The summed E-state index contributed by atoms with van der Waals surface area (Å²) in [6, 6.07) is 8.27. The van der Waals surface area contributed by atoms with E-state index in [1.807, 2.05) is 12.1 Å². The summed E-state index contributed by atoms with van der Waals surface area (Å²) in [5.41, 5.74) is 1.19. The maximum Gasteiger partial charge on any atom is 0.182 e. The number of hydrogen-bond acceptors (Lipinski definition) is 3. The molecule has 17 heavy (non-hydrogen) atoms. The van der Waals surface area contributed by atoms with Crippen molar-refractivity contribution < 1.29 is 0 Å². The summed E-state index contributed by atoms with van der Waals surface area (Å²) < 4.78 is 3.32. The minimum Gasteiger partial charge on any atom is -0.316 e. The number of fused-ring (bicyclic) bond motifs is 1. The number of para-hydroxylation sites is 1. The van der Waals surface area contributed by atoms with E-state index in [1.54, 1.807) is 11.3 Å². The van der Waals surface area contributed by atoms with Crippen molar-refractivity contribution in [1.29, 1.82) is 5.41 Å². The van der Waals surface area contributed by atoms with Crippen molar-refractivity contribution in [3.05, 3.63) is 29.1 Å².